The number of carbonyl (C=O) groups is 2. The normalized spacial score (nSPS) is 10.6. The van der Waals surface area contributed by atoms with Crippen molar-refractivity contribution in [1.29, 1.82) is 0 Å². The van der Waals surface area contributed by atoms with E-state index in [0.29, 0.717) is 6.54 Å². The lowest BCUT2D eigenvalue weighted by molar-refractivity contribution is -0.143. The van der Waals surface area contributed by atoms with Gasteiger partial charge in [-0.2, -0.15) is 0 Å². The molecule has 0 aliphatic heterocycles. The Hall–Kier alpha value is -2.95. The maximum Gasteiger partial charge on any atom is 0.331 e. The Labute approximate surface area is 146 Å². The summed E-state index contributed by atoms with van der Waals surface area (Å²) in [5.74, 6) is -1.48. The molecule has 1 N–H and O–H groups in total. The standard InChI is InChI=1S/C20H20FNO3/c21-18-11-5-4-10-17(18)12-13-20(24)25-15-19(23)22-14-6-9-16-7-2-1-3-8-16/h1-5,7-8,10-13H,6,9,14-15H2,(H,22,23)/b13-12+. The Kier molecular flexibility index (Phi) is 7.38. The molecule has 0 spiro atoms. The second-order valence-electron chi connectivity index (χ2n) is 5.40. The minimum atomic E-state index is -0.692. The number of benzene rings is 2. The second-order valence-corrected chi connectivity index (χ2v) is 5.40. The maximum absolute atomic E-state index is 13.4. The molecule has 1 amide bonds. The molecular formula is C20H20FNO3. The molecule has 2 rings (SSSR count). The van der Waals surface area contributed by atoms with Crippen LogP contribution in [0.1, 0.15) is 17.5 Å². The molecular weight excluding hydrogens is 321 g/mol. The van der Waals surface area contributed by atoms with Crippen LogP contribution in [-0.4, -0.2) is 25.0 Å². The fourth-order valence-corrected chi connectivity index (χ4v) is 2.17. The zero-order chi connectivity index (χ0) is 17.9. The molecule has 2 aromatic rings. The molecule has 0 fully saturated rings. The molecule has 0 radical (unpaired) electrons. The molecule has 0 unspecified atom stereocenters. The van der Waals surface area contributed by atoms with Crippen molar-refractivity contribution in [3.05, 3.63) is 77.6 Å². The number of carbonyl (C=O) groups excluding carboxylic acids is 2. The molecule has 4 nitrogen and oxygen atoms in total. The third-order valence-corrected chi connectivity index (χ3v) is 3.46. The summed E-state index contributed by atoms with van der Waals surface area (Å²) in [7, 11) is 0. The SMILES string of the molecule is O=C(COC(=O)/C=C/c1ccccc1F)NCCCc1ccccc1. The zero-order valence-corrected chi connectivity index (χ0v) is 13.8. The van der Waals surface area contributed by atoms with Crippen LogP contribution in [0.15, 0.2) is 60.7 Å². The fraction of sp³-hybridized carbons (Fsp3) is 0.200. The van der Waals surface area contributed by atoms with Gasteiger partial charge in [-0.25, -0.2) is 9.18 Å². The summed E-state index contributed by atoms with van der Waals surface area (Å²) in [6.07, 6.45) is 4.08. The number of rotatable bonds is 8. The van der Waals surface area contributed by atoms with Crippen molar-refractivity contribution in [1.82, 2.24) is 5.32 Å². The summed E-state index contributed by atoms with van der Waals surface area (Å²) < 4.78 is 18.2. The van der Waals surface area contributed by atoms with Gasteiger partial charge < -0.3 is 10.1 Å². The smallest absolute Gasteiger partial charge is 0.331 e. The van der Waals surface area contributed by atoms with Crippen molar-refractivity contribution >= 4 is 18.0 Å². The number of esters is 1. The average molecular weight is 341 g/mol. The molecule has 0 bridgehead atoms. The van der Waals surface area contributed by atoms with Gasteiger partial charge in [0.25, 0.3) is 5.91 Å². The van der Waals surface area contributed by atoms with Crippen LogP contribution in [0.5, 0.6) is 0 Å². The Morgan fingerprint density at radius 1 is 1.04 bits per heavy atom. The monoisotopic (exact) mass is 341 g/mol. The maximum atomic E-state index is 13.4. The van der Waals surface area contributed by atoms with Crippen LogP contribution in [0.25, 0.3) is 6.08 Å². The first kappa shape index (κ1) is 18.4. The highest BCUT2D eigenvalue weighted by molar-refractivity contribution is 5.89. The van der Waals surface area contributed by atoms with Gasteiger partial charge in [-0.3, -0.25) is 4.79 Å². The first-order chi connectivity index (χ1) is 12.1. The molecule has 2 aromatic carbocycles. The average Bonchev–Trinajstić information content (AvgIpc) is 2.64. The summed E-state index contributed by atoms with van der Waals surface area (Å²) >= 11 is 0. The molecule has 0 saturated carbocycles. The van der Waals surface area contributed by atoms with E-state index < -0.39 is 11.8 Å². The van der Waals surface area contributed by atoms with Crippen molar-refractivity contribution in [2.45, 2.75) is 12.8 Å². The van der Waals surface area contributed by atoms with Crippen LogP contribution in [0.4, 0.5) is 4.39 Å². The van der Waals surface area contributed by atoms with Gasteiger partial charge in [-0.1, -0.05) is 48.5 Å². The lowest BCUT2D eigenvalue weighted by Crippen LogP contribution is -2.29. The highest BCUT2D eigenvalue weighted by Gasteiger charge is 2.05. The summed E-state index contributed by atoms with van der Waals surface area (Å²) in [6, 6.07) is 16.0. The summed E-state index contributed by atoms with van der Waals surface area (Å²) in [6.45, 7) is 0.155. The van der Waals surface area contributed by atoms with Crippen LogP contribution in [0.3, 0.4) is 0 Å². The van der Waals surface area contributed by atoms with Crippen molar-refractivity contribution in [3.8, 4) is 0 Å². The van der Waals surface area contributed by atoms with Crippen molar-refractivity contribution in [3.63, 3.8) is 0 Å². The quantitative estimate of drug-likeness (QED) is 0.456. The minimum Gasteiger partial charge on any atom is -0.452 e. The number of amides is 1. The van der Waals surface area contributed by atoms with Gasteiger partial charge in [0.2, 0.25) is 0 Å². The molecule has 5 heteroatoms. The third-order valence-electron chi connectivity index (χ3n) is 3.46. The van der Waals surface area contributed by atoms with Crippen LogP contribution >= 0.6 is 0 Å². The number of nitrogens with one attached hydrogen (secondary N) is 1. The van der Waals surface area contributed by atoms with E-state index in [2.05, 4.69) is 5.32 Å². The van der Waals surface area contributed by atoms with E-state index in [9.17, 15) is 14.0 Å². The largest absolute Gasteiger partial charge is 0.452 e. The Balaban J connectivity index is 1.62. The van der Waals surface area contributed by atoms with Gasteiger partial charge in [0.1, 0.15) is 5.82 Å². The molecule has 0 aromatic heterocycles. The number of hydrogen-bond acceptors (Lipinski definition) is 3. The summed E-state index contributed by atoms with van der Waals surface area (Å²) in [4.78, 5) is 23.2. The molecule has 130 valence electrons. The lowest BCUT2D eigenvalue weighted by atomic mass is 10.1. The van der Waals surface area contributed by atoms with E-state index in [1.54, 1.807) is 18.2 Å². The van der Waals surface area contributed by atoms with Crippen LogP contribution in [0, 0.1) is 5.82 Å². The summed E-state index contributed by atoms with van der Waals surface area (Å²) in [5, 5.41) is 2.69. The second kappa shape index (κ2) is 10.0. The van der Waals surface area contributed by atoms with Gasteiger partial charge in [0.05, 0.1) is 0 Å². The minimum absolute atomic E-state index is 0.282. The van der Waals surface area contributed by atoms with E-state index >= 15 is 0 Å². The van der Waals surface area contributed by atoms with Gasteiger partial charge >= 0.3 is 5.97 Å². The van der Waals surface area contributed by atoms with Gasteiger partial charge in [-0.15, -0.1) is 0 Å². The van der Waals surface area contributed by atoms with Gasteiger partial charge in [0, 0.05) is 18.2 Å². The molecule has 25 heavy (non-hydrogen) atoms. The molecule has 0 heterocycles. The zero-order valence-electron chi connectivity index (χ0n) is 13.8. The molecule has 0 saturated heterocycles. The van der Waals surface area contributed by atoms with Crippen LogP contribution in [-0.2, 0) is 20.7 Å². The predicted octanol–water partition coefficient (Wildman–Crippen LogP) is 3.13. The Bertz CT molecular complexity index is 729. The van der Waals surface area contributed by atoms with Crippen LogP contribution in [0.2, 0.25) is 0 Å². The van der Waals surface area contributed by atoms with E-state index in [1.807, 2.05) is 30.3 Å². The Morgan fingerprint density at radius 3 is 2.52 bits per heavy atom. The van der Waals surface area contributed by atoms with E-state index in [-0.39, 0.29) is 18.1 Å². The van der Waals surface area contributed by atoms with Gasteiger partial charge in [0.15, 0.2) is 6.61 Å². The highest BCUT2D eigenvalue weighted by Crippen LogP contribution is 2.08. The predicted molar refractivity (Wildman–Crippen MR) is 94.2 cm³/mol. The highest BCUT2D eigenvalue weighted by atomic mass is 19.1. The first-order valence-electron chi connectivity index (χ1n) is 8.05. The van der Waals surface area contributed by atoms with Gasteiger partial charge in [-0.05, 0) is 30.5 Å². The van der Waals surface area contributed by atoms with Crippen LogP contribution < -0.4 is 5.32 Å². The van der Waals surface area contributed by atoms with Crippen molar-refractivity contribution < 1.29 is 18.7 Å². The first-order valence-corrected chi connectivity index (χ1v) is 8.05. The summed E-state index contributed by atoms with van der Waals surface area (Å²) in [5.41, 5.74) is 1.49. The third kappa shape index (κ3) is 6.99. The van der Waals surface area contributed by atoms with Crippen molar-refractivity contribution in [2.24, 2.45) is 0 Å². The fourth-order valence-electron chi connectivity index (χ4n) is 2.17. The number of hydrogen-bond donors (Lipinski definition) is 1. The Morgan fingerprint density at radius 2 is 1.76 bits per heavy atom. The number of ether oxygens (including phenoxy) is 1. The lowest BCUT2D eigenvalue weighted by Gasteiger charge is -2.05. The topological polar surface area (TPSA) is 55.4 Å². The van der Waals surface area contributed by atoms with E-state index in [4.69, 9.17) is 4.74 Å². The van der Waals surface area contributed by atoms with E-state index in [1.165, 1.54) is 17.7 Å². The molecule has 0 aliphatic carbocycles. The molecule has 0 aliphatic rings. The van der Waals surface area contributed by atoms with E-state index in [0.717, 1.165) is 18.9 Å². The van der Waals surface area contributed by atoms with Crippen molar-refractivity contribution in [2.75, 3.05) is 13.2 Å². The molecule has 0 atom stereocenters. The number of halogens is 1. The number of aryl methyl sites for hydroxylation is 1.